The molecule has 0 radical (unpaired) electrons. The van der Waals surface area contributed by atoms with E-state index in [0.717, 1.165) is 18.6 Å². The molecule has 1 heterocycles. The maximum atomic E-state index is 12.3. The highest BCUT2D eigenvalue weighted by atomic mass is 35.5. The van der Waals surface area contributed by atoms with Crippen molar-refractivity contribution in [2.75, 3.05) is 5.32 Å². The smallest absolute Gasteiger partial charge is 0.291 e. The van der Waals surface area contributed by atoms with Crippen LogP contribution in [0, 0.1) is 0 Å². The van der Waals surface area contributed by atoms with Crippen LogP contribution in [-0.4, -0.2) is 5.91 Å². The Balaban J connectivity index is 1.59. The van der Waals surface area contributed by atoms with Gasteiger partial charge in [0.05, 0.1) is 10.7 Å². The van der Waals surface area contributed by atoms with E-state index < -0.39 is 5.91 Å². The number of furan rings is 1. The van der Waals surface area contributed by atoms with Gasteiger partial charge < -0.3 is 14.5 Å². The van der Waals surface area contributed by atoms with E-state index in [1.54, 1.807) is 30.3 Å². The second kappa shape index (κ2) is 8.98. The van der Waals surface area contributed by atoms with Gasteiger partial charge in [-0.15, -0.1) is 0 Å². The molecule has 1 aromatic heterocycles. The van der Waals surface area contributed by atoms with E-state index in [9.17, 15) is 4.79 Å². The van der Waals surface area contributed by atoms with Crippen molar-refractivity contribution in [3.63, 3.8) is 0 Å². The van der Waals surface area contributed by atoms with Gasteiger partial charge in [0.2, 0.25) is 0 Å². The topological polar surface area (TPSA) is 51.5 Å². The Hall–Kier alpha value is -2.43. The minimum Gasteiger partial charge on any atom is -0.486 e. The third kappa shape index (κ3) is 5.28. The molecule has 0 fully saturated rings. The molecule has 1 amide bonds. The minimum atomic E-state index is -0.408. The number of hydrogen-bond acceptors (Lipinski definition) is 3. The predicted octanol–water partition coefficient (Wildman–Crippen LogP) is 6.37. The van der Waals surface area contributed by atoms with Gasteiger partial charge in [0.1, 0.15) is 18.1 Å². The molecule has 4 nitrogen and oxygen atoms in total. The van der Waals surface area contributed by atoms with Crippen molar-refractivity contribution >= 4 is 34.8 Å². The van der Waals surface area contributed by atoms with E-state index in [1.165, 1.54) is 5.56 Å². The Bertz CT molecular complexity index is 919. The van der Waals surface area contributed by atoms with Crippen molar-refractivity contribution in [3.8, 4) is 5.75 Å². The first-order valence-corrected chi connectivity index (χ1v) is 9.37. The van der Waals surface area contributed by atoms with E-state index in [1.807, 2.05) is 12.1 Å². The largest absolute Gasteiger partial charge is 0.486 e. The maximum Gasteiger partial charge on any atom is 0.291 e. The highest BCUT2D eigenvalue weighted by Crippen LogP contribution is 2.26. The molecule has 0 aliphatic carbocycles. The molecule has 0 saturated carbocycles. The van der Waals surface area contributed by atoms with E-state index in [0.29, 0.717) is 21.5 Å². The average Bonchev–Trinajstić information content (AvgIpc) is 3.14. The Morgan fingerprint density at radius 2 is 1.85 bits per heavy atom. The number of halogens is 2. The summed E-state index contributed by atoms with van der Waals surface area (Å²) in [4.78, 5) is 12.3. The Morgan fingerprint density at radius 1 is 1.07 bits per heavy atom. The third-order valence-corrected chi connectivity index (χ3v) is 4.47. The molecule has 0 aliphatic rings. The fraction of sp³-hybridized carbons (Fsp3) is 0.190. The zero-order valence-electron chi connectivity index (χ0n) is 14.8. The fourth-order valence-corrected chi connectivity index (χ4v) is 2.89. The Morgan fingerprint density at radius 3 is 2.59 bits per heavy atom. The summed E-state index contributed by atoms with van der Waals surface area (Å²) in [5.41, 5.74) is 1.71. The van der Waals surface area contributed by atoms with Gasteiger partial charge in [0, 0.05) is 5.02 Å². The monoisotopic (exact) mass is 403 g/mol. The molecular formula is C21H19Cl2NO3. The lowest BCUT2D eigenvalue weighted by Gasteiger charge is -2.07. The first-order chi connectivity index (χ1) is 13.0. The first-order valence-electron chi connectivity index (χ1n) is 8.62. The van der Waals surface area contributed by atoms with E-state index in [2.05, 4.69) is 24.4 Å². The van der Waals surface area contributed by atoms with Gasteiger partial charge in [0.25, 0.3) is 5.91 Å². The number of ether oxygens (including phenoxy) is 1. The molecule has 0 aliphatic heterocycles. The number of carbonyl (C=O) groups is 1. The summed E-state index contributed by atoms with van der Waals surface area (Å²) in [6.07, 6.45) is 2.16. The number of anilines is 1. The van der Waals surface area contributed by atoms with Crippen molar-refractivity contribution < 1.29 is 13.9 Å². The standard InChI is InChI=1S/C21H19Cl2NO3/c1-2-3-14-4-7-16(8-5-14)26-13-17-9-11-20(27-17)21(25)24-19-12-15(22)6-10-18(19)23/h4-12H,2-3,13H2,1H3,(H,24,25). The van der Waals surface area contributed by atoms with Crippen LogP contribution in [0.2, 0.25) is 10.0 Å². The average molecular weight is 404 g/mol. The molecule has 3 rings (SSSR count). The second-order valence-electron chi connectivity index (χ2n) is 6.03. The number of benzene rings is 2. The summed E-state index contributed by atoms with van der Waals surface area (Å²) >= 11 is 12.0. The molecule has 0 unspecified atom stereocenters. The predicted molar refractivity (Wildman–Crippen MR) is 108 cm³/mol. The van der Waals surface area contributed by atoms with Gasteiger partial charge in [-0.25, -0.2) is 0 Å². The zero-order valence-corrected chi connectivity index (χ0v) is 16.3. The van der Waals surface area contributed by atoms with Crippen LogP contribution in [0.4, 0.5) is 5.69 Å². The summed E-state index contributed by atoms with van der Waals surface area (Å²) < 4.78 is 11.3. The van der Waals surface area contributed by atoms with Crippen molar-refractivity contribution in [3.05, 3.63) is 81.7 Å². The summed E-state index contributed by atoms with van der Waals surface area (Å²) in [6, 6.07) is 16.1. The summed E-state index contributed by atoms with van der Waals surface area (Å²) in [5.74, 6) is 1.07. The quantitative estimate of drug-likeness (QED) is 0.498. The van der Waals surface area contributed by atoms with Gasteiger partial charge in [0.15, 0.2) is 5.76 Å². The van der Waals surface area contributed by atoms with Gasteiger partial charge in [-0.05, 0) is 54.4 Å². The molecule has 140 valence electrons. The maximum absolute atomic E-state index is 12.3. The molecule has 3 aromatic rings. The third-order valence-electron chi connectivity index (χ3n) is 3.91. The summed E-state index contributed by atoms with van der Waals surface area (Å²) in [5, 5.41) is 3.56. The van der Waals surface area contributed by atoms with Gasteiger partial charge in [-0.2, -0.15) is 0 Å². The normalized spacial score (nSPS) is 10.6. The fourth-order valence-electron chi connectivity index (χ4n) is 2.55. The molecular weight excluding hydrogens is 385 g/mol. The van der Waals surface area contributed by atoms with Crippen molar-refractivity contribution in [2.45, 2.75) is 26.4 Å². The van der Waals surface area contributed by atoms with Crippen LogP contribution in [0.15, 0.2) is 59.0 Å². The number of carbonyl (C=O) groups excluding carboxylic acids is 1. The number of nitrogens with one attached hydrogen (secondary N) is 1. The lowest BCUT2D eigenvalue weighted by atomic mass is 10.1. The number of aryl methyl sites for hydroxylation is 1. The van der Waals surface area contributed by atoms with Crippen LogP contribution in [0.3, 0.4) is 0 Å². The minimum absolute atomic E-state index is 0.169. The molecule has 6 heteroatoms. The van der Waals surface area contributed by atoms with E-state index in [4.69, 9.17) is 32.4 Å². The van der Waals surface area contributed by atoms with E-state index in [-0.39, 0.29) is 12.4 Å². The van der Waals surface area contributed by atoms with Gasteiger partial charge >= 0.3 is 0 Å². The summed E-state index contributed by atoms with van der Waals surface area (Å²) in [6.45, 7) is 2.38. The number of amides is 1. The molecule has 0 bridgehead atoms. The van der Waals surface area contributed by atoms with Crippen LogP contribution in [0.1, 0.15) is 35.2 Å². The first kappa shape index (κ1) is 19.3. The lowest BCUT2D eigenvalue weighted by Crippen LogP contribution is -2.11. The van der Waals surface area contributed by atoms with Crippen molar-refractivity contribution in [1.82, 2.24) is 0 Å². The van der Waals surface area contributed by atoms with Crippen molar-refractivity contribution in [1.29, 1.82) is 0 Å². The lowest BCUT2D eigenvalue weighted by molar-refractivity contribution is 0.0992. The van der Waals surface area contributed by atoms with Gasteiger partial charge in [-0.3, -0.25) is 4.79 Å². The summed E-state index contributed by atoms with van der Waals surface area (Å²) in [7, 11) is 0. The highest BCUT2D eigenvalue weighted by Gasteiger charge is 2.13. The van der Waals surface area contributed by atoms with E-state index >= 15 is 0 Å². The van der Waals surface area contributed by atoms with Gasteiger partial charge in [-0.1, -0.05) is 48.7 Å². The van der Waals surface area contributed by atoms with Crippen LogP contribution in [0.25, 0.3) is 0 Å². The molecule has 0 spiro atoms. The Labute approximate surface area is 168 Å². The number of hydrogen-bond donors (Lipinski definition) is 1. The molecule has 0 atom stereocenters. The molecule has 1 N–H and O–H groups in total. The van der Waals surface area contributed by atoms with Crippen LogP contribution in [-0.2, 0) is 13.0 Å². The molecule has 2 aromatic carbocycles. The molecule has 0 saturated heterocycles. The van der Waals surface area contributed by atoms with Crippen LogP contribution < -0.4 is 10.1 Å². The highest BCUT2D eigenvalue weighted by molar-refractivity contribution is 6.35. The van der Waals surface area contributed by atoms with Crippen LogP contribution >= 0.6 is 23.2 Å². The Kier molecular flexibility index (Phi) is 6.43. The van der Waals surface area contributed by atoms with Crippen LogP contribution in [0.5, 0.6) is 5.75 Å². The number of rotatable bonds is 7. The second-order valence-corrected chi connectivity index (χ2v) is 6.87. The SMILES string of the molecule is CCCc1ccc(OCc2ccc(C(=O)Nc3cc(Cl)ccc3Cl)o2)cc1. The van der Waals surface area contributed by atoms with Crippen molar-refractivity contribution in [2.24, 2.45) is 0 Å². The molecule has 27 heavy (non-hydrogen) atoms. The zero-order chi connectivity index (χ0) is 19.2.